The fourth-order valence-corrected chi connectivity index (χ4v) is 9.25. The Labute approximate surface area is 321 Å². The molecule has 0 spiro atoms. The Hall–Kier alpha value is -3.20. The van der Waals surface area contributed by atoms with E-state index >= 15 is 0 Å². The summed E-state index contributed by atoms with van der Waals surface area (Å²) in [4.78, 5) is 27.9. The molecule has 0 saturated heterocycles. The third-order valence-electron chi connectivity index (χ3n) is 9.35. The van der Waals surface area contributed by atoms with Gasteiger partial charge in [0.1, 0.15) is 0 Å². The van der Waals surface area contributed by atoms with Crippen LogP contribution in [0, 0.1) is 21.7 Å². The maximum atomic E-state index is 14.0. The van der Waals surface area contributed by atoms with Crippen molar-refractivity contribution in [1.82, 2.24) is 0 Å². The van der Waals surface area contributed by atoms with E-state index in [-0.39, 0.29) is 47.7 Å². The van der Waals surface area contributed by atoms with Crippen molar-refractivity contribution in [1.29, 1.82) is 0 Å². The monoisotopic (exact) mass is 784 g/mol. The van der Waals surface area contributed by atoms with Crippen molar-refractivity contribution >= 4 is 60.4 Å². The first-order valence-corrected chi connectivity index (χ1v) is 20.0. The second-order valence-corrected chi connectivity index (χ2v) is 20.9. The molecule has 2 nitrogen and oxygen atoms in total. The van der Waals surface area contributed by atoms with E-state index in [1.807, 2.05) is 24.3 Å². The summed E-state index contributed by atoms with van der Waals surface area (Å²) in [7, 11) is 0. The molecule has 1 heterocycles. The molecule has 2 aromatic carbocycles. The van der Waals surface area contributed by atoms with Crippen LogP contribution in [0.2, 0.25) is 10.0 Å². The van der Waals surface area contributed by atoms with Gasteiger partial charge in [-0.2, -0.15) is 0 Å². The minimum absolute atomic E-state index is 0.114. The summed E-state index contributed by atoms with van der Waals surface area (Å²) >= 11 is 12.7. The van der Waals surface area contributed by atoms with Crippen LogP contribution >= 0.6 is 23.2 Å². The van der Waals surface area contributed by atoms with Crippen molar-refractivity contribution in [2.24, 2.45) is 21.7 Å². The normalized spacial score (nSPS) is 16.1. The predicted molar refractivity (Wildman–Crippen MR) is 218 cm³/mol. The van der Waals surface area contributed by atoms with Crippen LogP contribution < -0.4 is 0 Å². The van der Waals surface area contributed by atoms with Crippen LogP contribution in [0.15, 0.2) is 118 Å². The minimum atomic E-state index is -0.338. The maximum absolute atomic E-state index is 14.0. The van der Waals surface area contributed by atoms with Gasteiger partial charge in [-0.05, 0) is 0 Å². The summed E-state index contributed by atoms with van der Waals surface area (Å²) in [5.74, 6) is 0.229. The molecular formula is C46H50Cl2O2Se. The first-order valence-electron chi connectivity index (χ1n) is 17.6. The molecule has 0 saturated carbocycles. The fourth-order valence-electron chi connectivity index (χ4n) is 6.52. The molecule has 0 bridgehead atoms. The van der Waals surface area contributed by atoms with E-state index in [9.17, 15) is 9.59 Å². The topological polar surface area (TPSA) is 34.1 Å². The third-order valence-corrected chi connectivity index (χ3v) is 12.2. The van der Waals surface area contributed by atoms with Crippen molar-refractivity contribution in [3.8, 4) is 0 Å². The molecule has 3 aromatic rings. The number of allylic oxidation sites excluding steroid dienone is 10. The molecule has 0 unspecified atom stereocenters. The van der Waals surface area contributed by atoms with Crippen molar-refractivity contribution < 1.29 is 9.59 Å². The van der Waals surface area contributed by atoms with E-state index in [4.69, 9.17) is 23.2 Å². The molecule has 1 aromatic heterocycles. The van der Waals surface area contributed by atoms with Gasteiger partial charge in [0, 0.05) is 0 Å². The SMILES string of the molecule is CC(C)(C)C1=CC(=C(c2ccc(Cl)cc2)c2ccc(C(=C3C=C(C(C)(C)C)C(=O)C(C(C)(C)C)=C3)c3ccc(Cl)cc3)[se]2)C=C(C(C)(C)C)C1=O. The molecule has 0 atom stereocenters. The average molecular weight is 785 g/mol. The first-order chi connectivity index (χ1) is 23.5. The number of hydrogen-bond acceptors (Lipinski definition) is 2. The zero-order chi connectivity index (χ0) is 37.8. The number of benzene rings is 2. The Balaban J connectivity index is 1.87. The molecule has 5 heteroatoms. The van der Waals surface area contributed by atoms with E-state index in [0.29, 0.717) is 10.0 Å². The zero-order valence-corrected chi connectivity index (χ0v) is 35.3. The van der Waals surface area contributed by atoms with Gasteiger partial charge in [0.05, 0.1) is 0 Å². The van der Waals surface area contributed by atoms with Crippen LogP contribution in [0.25, 0.3) is 11.1 Å². The second-order valence-electron chi connectivity index (χ2n) is 17.7. The number of carbonyl (C=O) groups excluding carboxylic acids is 2. The Morgan fingerprint density at radius 1 is 0.431 bits per heavy atom. The summed E-state index contributed by atoms with van der Waals surface area (Å²) in [6.45, 7) is 25.3. The molecule has 0 radical (unpaired) electrons. The number of halogens is 2. The third kappa shape index (κ3) is 8.39. The van der Waals surface area contributed by atoms with Gasteiger partial charge in [0.25, 0.3) is 0 Å². The van der Waals surface area contributed by atoms with Crippen molar-refractivity contribution in [3.05, 3.63) is 148 Å². The van der Waals surface area contributed by atoms with Gasteiger partial charge in [0.2, 0.25) is 0 Å². The van der Waals surface area contributed by atoms with E-state index in [1.165, 1.54) is 8.87 Å². The van der Waals surface area contributed by atoms with E-state index in [0.717, 1.165) is 55.7 Å². The van der Waals surface area contributed by atoms with E-state index in [1.54, 1.807) is 0 Å². The summed E-state index contributed by atoms with van der Waals surface area (Å²) in [5.41, 5.74) is 8.26. The van der Waals surface area contributed by atoms with Crippen LogP contribution in [-0.4, -0.2) is 26.1 Å². The Bertz CT molecular complexity index is 1860. The first kappa shape index (κ1) is 39.0. The molecule has 0 aliphatic heterocycles. The number of ketones is 2. The Morgan fingerprint density at radius 2 is 0.686 bits per heavy atom. The van der Waals surface area contributed by atoms with Gasteiger partial charge >= 0.3 is 323 Å². The molecular weight excluding hydrogens is 734 g/mol. The van der Waals surface area contributed by atoms with Crippen LogP contribution in [0.1, 0.15) is 103 Å². The molecule has 2 aliphatic carbocycles. The summed E-state index contributed by atoms with van der Waals surface area (Å²) in [6.07, 6.45) is 8.44. The standard InChI is InChI=1S/C46H50Cl2O2Se/c1-43(2,3)33-23-29(24-34(41(33)49)44(4,5)6)39(27-13-17-31(47)18-14-27)37-21-22-38(51-37)40(28-15-19-32(48)20-16-28)30-25-35(45(7,8)9)42(50)36(26-30)46(10,11)12/h13-26H,1-12H3. The van der Waals surface area contributed by atoms with Crippen molar-refractivity contribution in [3.63, 3.8) is 0 Å². The van der Waals surface area contributed by atoms with Gasteiger partial charge in [-0.1, -0.05) is 0 Å². The Kier molecular flexibility index (Phi) is 10.7. The molecule has 5 rings (SSSR count). The molecule has 0 amide bonds. The second kappa shape index (κ2) is 14.0. The number of carbonyl (C=O) groups is 2. The van der Waals surface area contributed by atoms with Crippen molar-refractivity contribution in [2.45, 2.75) is 83.1 Å². The average Bonchev–Trinajstić information content (AvgIpc) is 3.47. The van der Waals surface area contributed by atoms with Crippen LogP contribution in [-0.2, 0) is 9.59 Å². The van der Waals surface area contributed by atoms with Gasteiger partial charge in [0.15, 0.2) is 0 Å². The zero-order valence-electron chi connectivity index (χ0n) is 32.1. The quantitative estimate of drug-likeness (QED) is 0.247. The number of Topliss-reactive ketones (excluding diaryl/α,β-unsaturated/α-hetero) is 2. The fraction of sp³-hybridized carbons (Fsp3) is 0.348. The predicted octanol–water partition coefficient (Wildman–Crippen LogP) is 12.7. The molecule has 2 aliphatic rings. The molecule has 0 N–H and O–H groups in total. The summed E-state index contributed by atoms with van der Waals surface area (Å²) in [5, 5.41) is 1.35. The molecule has 266 valence electrons. The van der Waals surface area contributed by atoms with E-state index in [2.05, 4.69) is 144 Å². The summed E-state index contributed by atoms with van der Waals surface area (Å²) < 4.78 is 2.41. The number of rotatable bonds is 4. The van der Waals surface area contributed by atoms with Crippen LogP contribution in [0.5, 0.6) is 0 Å². The molecule has 0 fully saturated rings. The number of hydrogen-bond donors (Lipinski definition) is 0. The van der Waals surface area contributed by atoms with Gasteiger partial charge in [-0.15, -0.1) is 0 Å². The van der Waals surface area contributed by atoms with Crippen LogP contribution in [0.4, 0.5) is 0 Å². The van der Waals surface area contributed by atoms with Gasteiger partial charge in [-0.25, -0.2) is 0 Å². The summed E-state index contributed by atoms with van der Waals surface area (Å²) in [6, 6.07) is 20.5. The van der Waals surface area contributed by atoms with Gasteiger partial charge < -0.3 is 0 Å². The van der Waals surface area contributed by atoms with Gasteiger partial charge in [-0.3, -0.25) is 0 Å². The van der Waals surface area contributed by atoms with Crippen molar-refractivity contribution in [2.75, 3.05) is 0 Å². The Morgan fingerprint density at radius 3 is 0.922 bits per heavy atom. The van der Waals surface area contributed by atoms with E-state index < -0.39 is 0 Å². The molecule has 51 heavy (non-hydrogen) atoms. The van der Waals surface area contributed by atoms with Crippen LogP contribution in [0.3, 0.4) is 0 Å².